The number of aryl methyl sites for hydroxylation is 1. The second-order valence-electron chi connectivity index (χ2n) is 5.73. The second kappa shape index (κ2) is 5.22. The quantitative estimate of drug-likeness (QED) is 0.767. The van der Waals surface area contributed by atoms with Crippen molar-refractivity contribution in [2.24, 2.45) is 19.2 Å². The van der Waals surface area contributed by atoms with Gasteiger partial charge in [-0.3, -0.25) is 18.5 Å². The number of nitrogens with zero attached hydrogens (tertiary/aromatic N) is 6. The molecule has 0 fully saturated rings. The summed E-state index contributed by atoms with van der Waals surface area (Å²) in [6.45, 7) is 6.39. The molecule has 0 saturated heterocycles. The number of hydrogen-bond donors (Lipinski definition) is 0. The highest BCUT2D eigenvalue weighted by atomic mass is 16.2. The fraction of sp³-hybridized carbons (Fsp3) is 0.467. The van der Waals surface area contributed by atoms with E-state index < -0.39 is 0 Å². The van der Waals surface area contributed by atoms with Gasteiger partial charge in [0.2, 0.25) is 5.95 Å². The Labute approximate surface area is 133 Å². The molecule has 8 heteroatoms. The highest BCUT2D eigenvalue weighted by molar-refractivity contribution is 5.91. The molecule has 8 nitrogen and oxygen atoms in total. The molecule has 0 radical (unpaired) electrons. The largest absolute Gasteiger partial charge is 0.332 e. The zero-order chi connectivity index (χ0) is 16.9. The Balaban J connectivity index is 2.40. The SMILES string of the molecule is C/C=C/CN1N=C(C)[C@@H](C)n2c1nc1c2c(=O)n(C)c(=O)n1C. The van der Waals surface area contributed by atoms with Crippen LogP contribution >= 0.6 is 0 Å². The smallest absolute Gasteiger partial charge is 0.294 e. The summed E-state index contributed by atoms with van der Waals surface area (Å²) >= 11 is 0. The zero-order valence-corrected chi connectivity index (χ0v) is 13.9. The van der Waals surface area contributed by atoms with Crippen LogP contribution < -0.4 is 16.3 Å². The maximum atomic E-state index is 12.6. The molecule has 3 heterocycles. The van der Waals surface area contributed by atoms with Crippen molar-refractivity contribution >= 4 is 22.8 Å². The Hall–Kier alpha value is -2.64. The lowest BCUT2D eigenvalue weighted by atomic mass is 10.2. The van der Waals surface area contributed by atoms with Crippen LogP contribution in [0.2, 0.25) is 0 Å². The monoisotopic (exact) mass is 316 g/mol. The Kier molecular flexibility index (Phi) is 3.46. The van der Waals surface area contributed by atoms with Gasteiger partial charge in [-0.25, -0.2) is 9.80 Å². The lowest BCUT2D eigenvalue weighted by Crippen LogP contribution is -2.38. The first-order valence-corrected chi connectivity index (χ1v) is 7.50. The summed E-state index contributed by atoms with van der Waals surface area (Å²) in [5.74, 6) is 0.578. The van der Waals surface area contributed by atoms with Crippen molar-refractivity contribution in [2.75, 3.05) is 11.6 Å². The number of aromatic nitrogens is 4. The number of imidazole rings is 1. The molecule has 0 spiro atoms. The van der Waals surface area contributed by atoms with E-state index in [1.165, 1.54) is 11.6 Å². The number of anilines is 1. The first-order chi connectivity index (χ1) is 10.9. The van der Waals surface area contributed by atoms with Gasteiger partial charge in [-0.05, 0) is 20.8 Å². The lowest BCUT2D eigenvalue weighted by molar-refractivity contribution is 0.647. The van der Waals surface area contributed by atoms with Crippen molar-refractivity contribution < 1.29 is 0 Å². The normalized spacial score (nSPS) is 17.9. The minimum Gasteiger partial charge on any atom is -0.294 e. The van der Waals surface area contributed by atoms with Gasteiger partial charge in [-0.1, -0.05) is 12.2 Å². The molecule has 23 heavy (non-hydrogen) atoms. The number of rotatable bonds is 2. The van der Waals surface area contributed by atoms with Gasteiger partial charge in [0.25, 0.3) is 5.56 Å². The Morgan fingerprint density at radius 1 is 1.22 bits per heavy atom. The first-order valence-electron chi connectivity index (χ1n) is 7.50. The standard InChI is InChI=1S/C15H20N6O2/c1-6-7-8-20-14-16-12-11(21(14)10(3)9(2)17-20)13(22)19(5)15(23)18(12)4/h6-7,10H,8H2,1-5H3/b7-6+/t10-/m1/s1. The molecule has 122 valence electrons. The van der Waals surface area contributed by atoms with Crippen molar-refractivity contribution in [3.8, 4) is 0 Å². The Morgan fingerprint density at radius 3 is 2.57 bits per heavy atom. The van der Waals surface area contributed by atoms with Gasteiger partial charge in [-0.15, -0.1) is 0 Å². The molecular formula is C15H20N6O2. The molecule has 2 aromatic rings. The molecule has 0 unspecified atom stereocenters. The van der Waals surface area contributed by atoms with Crippen molar-refractivity contribution in [1.82, 2.24) is 18.7 Å². The van der Waals surface area contributed by atoms with Gasteiger partial charge in [0.05, 0.1) is 18.3 Å². The molecule has 0 aliphatic carbocycles. The van der Waals surface area contributed by atoms with E-state index in [-0.39, 0.29) is 17.3 Å². The third-order valence-electron chi connectivity index (χ3n) is 4.29. The fourth-order valence-corrected chi connectivity index (χ4v) is 2.79. The summed E-state index contributed by atoms with van der Waals surface area (Å²) in [6.07, 6.45) is 3.90. The van der Waals surface area contributed by atoms with Crippen LogP contribution in [0.5, 0.6) is 0 Å². The van der Waals surface area contributed by atoms with Crippen LogP contribution in [0.4, 0.5) is 5.95 Å². The summed E-state index contributed by atoms with van der Waals surface area (Å²) in [5, 5.41) is 6.31. The fourth-order valence-electron chi connectivity index (χ4n) is 2.79. The van der Waals surface area contributed by atoms with Gasteiger partial charge in [-0.2, -0.15) is 10.1 Å². The molecule has 0 bridgehead atoms. The van der Waals surface area contributed by atoms with Gasteiger partial charge < -0.3 is 0 Å². The average molecular weight is 316 g/mol. The highest BCUT2D eigenvalue weighted by Gasteiger charge is 2.29. The third kappa shape index (κ3) is 2.05. The van der Waals surface area contributed by atoms with Crippen molar-refractivity contribution in [2.45, 2.75) is 26.8 Å². The van der Waals surface area contributed by atoms with Crippen molar-refractivity contribution in [3.63, 3.8) is 0 Å². The molecule has 0 aromatic carbocycles. The minimum atomic E-state index is -0.386. The molecule has 0 N–H and O–H groups in total. The van der Waals surface area contributed by atoms with E-state index in [2.05, 4.69) is 10.1 Å². The molecule has 1 aliphatic heterocycles. The van der Waals surface area contributed by atoms with E-state index >= 15 is 0 Å². The molecule has 1 aliphatic rings. The van der Waals surface area contributed by atoms with Crippen LogP contribution in [0, 0.1) is 0 Å². The molecule has 1 atom stereocenters. The van der Waals surface area contributed by atoms with E-state index in [0.29, 0.717) is 23.7 Å². The van der Waals surface area contributed by atoms with E-state index in [1.807, 2.05) is 37.5 Å². The Morgan fingerprint density at radius 2 is 1.91 bits per heavy atom. The third-order valence-corrected chi connectivity index (χ3v) is 4.29. The second-order valence-corrected chi connectivity index (χ2v) is 5.73. The van der Waals surface area contributed by atoms with E-state index in [0.717, 1.165) is 10.3 Å². The summed E-state index contributed by atoms with van der Waals surface area (Å²) < 4.78 is 4.38. The van der Waals surface area contributed by atoms with Gasteiger partial charge >= 0.3 is 5.69 Å². The number of hydrazone groups is 1. The van der Waals surface area contributed by atoms with Crippen LogP contribution in [0.25, 0.3) is 11.2 Å². The number of allylic oxidation sites excluding steroid dienone is 1. The molecule has 3 rings (SSSR count). The van der Waals surface area contributed by atoms with Gasteiger partial charge in [0, 0.05) is 14.1 Å². The van der Waals surface area contributed by atoms with E-state index in [9.17, 15) is 9.59 Å². The predicted octanol–water partition coefficient (Wildman–Crippen LogP) is 0.767. The first kappa shape index (κ1) is 15.3. The van der Waals surface area contributed by atoms with Crippen LogP contribution in [0.3, 0.4) is 0 Å². The van der Waals surface area contributed by atoms with Gasteiger partial charge in [0.15, 0.2) is 11.2 Å². The molecular weight excluding hydrogens is 296 g/mol. The average Bonchev–Trinajstić information content (AvgIpc) is 2.94. The molecule has 2 aromatic heterocycles. The summed E-state index contributed by atoms with van der Waals surface area (Å²) in [5.41, 5.74) is 0.974. The number of hydrogen-bond acceptors (Lipinski definition) is 5. The summed E-state index contributed by atoms with van der Waals surface area (Å²) in [7, 11) is 3.11. The van der Waals surface area contributed by atoms with Crippen molar-refractivity contribution in [3.05, 3.63) is 33.0 Å². The molecule has 0 saturated carbocycles. The maximum absolute atomic E-state index is 12.6. The van der Waals surface area contributed by atoms with Crippen LogP contribution in [0.15, 0.2) is 26.8 Å². The van der Waals surface area contributed by atoms with Gasteiger partial charge in [0.1, 0.15) is 0 Å². The maximum Gasteiger partial charge on any atom is 0.332 e. The van der Waals surface area contributed by atoms with Crippen LogP contribution in [-0.4, -0.2) is 30.9 Å². The van der Waals surface area contributed by atoms with E-state index in [1.54, 1.807) is 12.1 Å². The van der Waals surface area contributed by atoms with Crippen molar-refractivity contribution in [1.29, 1.82) is 0 Å². The molecule has 0 amide bonds. The van der Waals surface area contributed by atoms with Crippen LogP contribution in [-0.2, 0) is 14.1 Å². The summed E-state index contributed by atoms with van der Waals surface area (Å²) in [6, 6.07) is -0.0953. The van der Waals surface area contributed by atoms with Crippen LogP contribution in [0.1, 0.15) is 26.8 Å². The lowest BCUT2D eigenvalue weighted by Gasteiger charge is -2.28. The Bertz CT molecular complexity index is 959. The number of fused-ring (bicyclic) bond motifs is 3. The van der Waals surface area contributed by atoms with E-state index in [4.69, 9.17) is 0 Å². The predicted molar refractivity (Wildman–Crippen MR) is 90.2 cm³/mol. The zero-order valence-electron chi connectivity index (χ0n) is 13.9. The highest BCUT2D eigenvalue weighted by Crippen LogP contribution is 2.29. The topological polar surface area (TPSA) is 77.4 Å². The minimum absolute atomic E-state index is 0.0953. The summed E-state index contributed by atoms with van der Waals surface area (Å²) in [4.78, 5) is 29.3.